The van der Waals surface area contributed by atoms with Crippen molar-refractivity contribution >= 4 is 25.7 Å². The largest absolute Gasteiger partial charge is 0.465 e. The smallest absolute Gasteiger partial charge is 0.368 e. The van der Waals surface area contributed by atoms with Crippen LogP contribution in [0.2, 0.25) is 0 Å². The van der Waals surface area contributed by atoms with Crippen molar-refractivity contribution < 1.29 is 22.7 Å². The minimum absolute atomic E-state index is 0.151. The van der Waals surface area contributed by atoms with E-state index in [1.54, 1.807) is 24.3 Å². The van der Waals surface area contributed by atoms with E-state index < -0.39 is 20.0 Å². The summed E-state index contributed by atoms with van der Waals surface area (Å²) in [6, 6.07) is 6.63. The van der Waals surface area contributed by atoms with Gasteiger partial charge in [0.05, 0.1) is 7.11 Å². The zero-order chi connectivity index (χ0) is 12.7. The molecule has 1 aliphatic rings. The Balaban J connectivity index is 2.53. The highest BCUT2D eigenvalue weighted by molar-refractivity contribution is 8.15. The molecule has 0 saturated heterocycles. The second-order valence-corrected chi connectivity index (χ2v) is 6.32. The predicted molar refractivity (Wildman–Crippen MR) is 60.3 cm³/mol. The molecule has 1 atom stereocenters. The molecular formula is C10H9ClO5S. The Labute approximate surface area is 103 Å². The summed E-state index contributed by atoms with van der Waals surface area (Å²) < 4.78 is 32.8. The number of benzene rings is 1. The standard InChI is InChI=1S/C10H9ClO5S/c1-15-9(12)10(17(11,13)14)6-7-4-2-3-5-8(7)16-10/h2-5H,6H2,1H3. The quantitative estimate of drug-likeness (QED) is 0.597. The molecule has 5 nitrogen and oxygen atoms in total. The molecule has 0 fully saturated rings. The molecule has 92 valence electrons. The zero-order valence-electron chi connectivity index (χ0n) is 8.84. The van der Waals surface area contributed by atoms with Crippen LogP contribution in [0.15, 0.2) is 24.3 Å². The highest BCUT2D eigenvalue weighted by atomic mass is 35.7. The van der Waals surface area contributed by atoms with E-state index in [0.29, 0.717) is 11.3 Å². The zero-order valence-corrected chi connectivity index (χ0v) is 10.4. The topological polar surface area (TPSA) is 69.7 Å². The van der Waals surface area contributed by atoms with Crippen LogP contribution >= 0.6 is 10.7 Å². The third-order valence-corrected chi connectivity index (χ3v) is 4.49. The lowest BCUT2D eigenvalue weighted by Gasteiger charge is -2.21. The summed E-state index contributed by atoms with van der Waals surface area (Å²) in [5.41, 5.74) is 0.599. The van der Waals surface area contributed by atoms with E-state index in [4.69, 9.17) is 15.4 Å². The number of fused-ring (bicyclic) bond motifs is 1. The van der Waals surface area contributed by atoms with Gasteiger partial charge in [0.1, 0.15) is 5.75 Å². The van der Waals surface area contributed by atoms with Gasteiger partial charge in [0, 0.05) is 17.1 Å². The number of para-hydroxylation sites is 1. The third-order valence-electron chi connectivity index (χ3n) is 2.56. The van der Waals surface area contributed by atoms with Crippen LogP contribution in [0.25, 0.3) is 0 Å². The lowest BCUT2D eigenvalue weighted by atomic mass is 10.1. The fourth-order valence-corrected chi connectivity index (χ4v) is 2.97. The van der Waals surface area contributed by atoms with Crippen LogP contribution in [-0.2, 0) is 25.0 Å². The third kappa shape index (κ3) is 1.77. The summed E-state index contributed by atoms with van der Waals surface area (Å²) in [4.78, 5) is 9.47. The van der Waals surface area contributed by atoms with E-state index in [0.717, 1.165) is 7.11 Å². The number of halogens is 1. The van der Waals surface area contributed by atoms with Gasteiger partial charge in [0.15, 0.2) is 0 Å². The van der Waals surface area contributed by atoms with Gasteiger partial charge < -0.3 is 9.47 Å². The van der Waals surface area contributed by atoms with Gasteiger partial charge in [-0.3, -0.25) is 0 Å². The summed E-state index contributed by atoms with van der Waals surface area (Å²) >= 11 is 0. The number of carbonyl (C=O) groups excluding carboxylic acids is 1. The normalized spacial score (nSPS) is 22.7. The fourth-order valence-electron chi connectivity index (χ4n) is 1.72. The number of rotatable bonds is 2. The minimum atomic E-state index is -4.27. The highest BCUT2D eigenvalue weighted by Gasteiger charge is 2.58. The molecule has 0 bridgehead atoms. The van der Waals surface area contributed by atoms with Crippen LogP contribution in [0, 0.1) is 0 Å². The maximum atomic E-state index is 11.6. The van der Waals surface area contributed by atoms with E-state index in [1.165, 1.54) is 0 Å². The van der Waals surface area contributed by atoms with Crippen LogP contribution in [-0.4, -0.2) is 26.4 Å². The molecule has 1 aliphatic heterocycles. The Hall–Kier alpha value is -1.27. The first kappa shape index (κ1) is 12.2. The summed E-state index contributed by atoms with van der Waals surface area (Å²) in [5, 5.41) is 0. The molecule has 0 aromatic heterocycles. The van der Waals surface area contributed by atoms with Crippen molar-refractivity contribution in [3.05, 3.63) is 29.8 Å². The molecule has 0 N–H and O–H groups in total. The predicted octanol–water partition coefficient (Wildman–Crippen LogP) is 1.06. The molecule has 0 amide bonds. The second-order valence-electron chi connectivity index (χ2n) is 3.57. The van der Waals surface area contributed by atoms with Crippen LogP contribution in [0.1, 0.15) is 5.56 Å². The maximum absolute atomic E-state index is 11.6. The first-order valence-electron chi connectivity index (χ1n) is 4.70. The fraction of sp³-hybridized carbons (Fsp3) is 0.300. The minimum Gasteiger partial charge on any atom is -0.465 e. The van der Waals surface area contributed by atoms with Crippen molar-refractivity contribution in [2.45, 2.75) is 11.4 Å². The number of methoxy groups -OCH3 is 1. The summed E-state index contributed by atoms with van der Waals surface area (Å²) in [6.07, 6.45) is -0.151. The van der Waals surface area contributed by atoms with E-state index in [9.17, 15) is 13.2 Å². The van der Waals surface area contributed by atoms with Crippen molar-refractivity contribution in [1.82, 2.24) is 0 Å². The van der Waals surface area contributed by atoms with Gasteiger partial charge in [-0.1, -0.05) is 18.2 Å². The van der Waals surface area contributed by atoms with E-state index in [-0.39, 0.29) is 6.42 Å². The summed E-state index contributed by atoms with van der Waals surface area (Å²) in [7, 11) is 2.12. The number of hydrogen-bond donors (Lipinski definition) is 0. The van der Waals surface area contributed by atoms with Crippen molar-refractivity contribution in [2.75, 3.05) is 7.11 Å². The van der Waals surface area contributed by atoms with Gasteiger partial charge in [-0.2, -0.15) is 0 Å². The van der Waals surface area contributed by atoms with Crippen molar-refractivity contribution in [3.8, 4) is 5.75 Å². The molecule has 17 heavy (non-hydrogen) atoms. The van der Waals surface area contributed by atoms with Crippen molar-refractivity contribution in [3.63, 3.8) is 0 Å². The number of carbonyl (C=O) groups is 1. The molecule has 7 heteroatoms. The van der Waals surface area contributed by atoms with E-state index in [2.05, 4.69) is 4.74 Å². The van der Waals surface area contributed by atoms with Crippen molar-refractivity contribution in [2.24, 2.45) is 0 Å². The monoisotopic (exact) mass is 276 g/mol. The number of hydrogen-bond acceptors (Lipinski definition) is 5. The van der Waals surface area contributed by atoms with E-state index >= 15 is 0 Å². The average Bonchev–Trinajstić information content (AvgIpc) is 2.67. The lowest BCUT2D eigenvalue weighted by Crippen LogP contribution is -2.49. The Morgan fingerprint density at radius 2 is 2.12 bits per heavy atom. The molecule has 0 radical (unpaired) electrons. The van der Waals surface area contributed by atoms with Gasteiger partial charge in [-0.15, -0.1) is 0 Å². The van der Waals surface area contributed by atoms with E-state index in [1.807, 2.05) is 0 Å². The Kier molecular flexibility index (Phi) is 2.79. The van der Waals surface area contributed by atoms with Crippen LogP contribution in [0.3, 0.4) is 0 Å². The molecule has 1 aromatic rings. The Morgan fingerprint density at radius 1 is 1.47 bits per heavy atom. The Bertz CT molecular complexity index is 541. The van der Waals surface area contributed by atoms with Crippen LogP contribution < -0.4 is 4.74 Å². The van der Waals surface area contributed by atoms with Gasteiger partial charge in [0.2, 0.25) is 0 Å². The molecule has 1 unspecified atom stereocenters. The van der Waals surface area contributed by atoms with Gasteiger partial charge in [-0.25, -0.2) is 13.2 Å². The second kappa shape index (κ2) is 3.89. The number of ether oxygens (including phenoxy) is 2. The molecular weight excluding hydrogens is 268 g/mol. The van der Waals surface area contributed by atoms with Gasteiger partial charge in [-0.05, 0) is 11.6 Å². The average molecular weight is 277 g/mol. The first-order chi connectivity index (χ1) is 7.90. The van der Waals surface area contributed by atoms with Crippen LogP contribution in [0.4, 0.5) is 0 Å². The maximum Gasteiger partial charge on any atom is 0.368 e. The molecule has 0 aliphatic carbocycles. The summed E-state index contributed by atoms with van der Waals surface area (Å²) in [5.74, 6) is -0.703. The van der Waals surface area contributed by atoms with Gasteiger partial charge >= 0.3 is 10.9 Å². The molecule has 0 spiro atoms. The Morgan fingerprint density at radius 3 is 2.65 bits per heavy atom. The molecule has 2 rings (SSSR count). The van der Waals surface area contributed by atoms with Gasteiger partial charge in [0.25, 0.3) is 9.05 Å². The number of esters is 1. The van der Waals surface area contributed by atoms with Crippen LogP contribution in [0.5, 0.6) is 5.75 Å². The summed E-state index contributed by atoms with van der Waals surface area (Å²) in [6.45, 7) is 0. The SMILES string of the molecule is COC(=O)C1(S(=O)(=O)Cl)Cc2ccccc2O1. The highest BCUT2D eigenvalue weighted by Crippen LogP contribution is 2.40. The molecule has 0 saturated carbocycles. The lowest BCUT2D eigenvalue weighted by molar-refractivity contribution is -0.150. The van der Waals surface area contributed by atoms with Crippen molar-refractivity contribution in [1.29, 1.82) is 0 Å². The molecule has 1 heterocycles. The molecule has 1 aromatic carbocycles. The first-order valence-corrected chi connectivity index (χ1v) is 7.01.